The van der Waals surface area contributed by atoms with Crippen LogP contribution < -0.4 is 25.9 Å². The fourth-order valence-corrected chi connectivity index (χ4v) is 9.60. The summed E-state index contributed by atoms with van der Waals surface area (Å²) < 4.78 is 11.3. The minimum atomic E-state index is -0.644. The monoisotopic (exact) mass is 1360 g/mol. The van der Waals surface area contributed by atoms with Gasteiger partial charge < -0.3 is 31.2 Å². The van der Waals surface area contributed by atoms with Crippen molar-refractivity contribution in [2.24, 2.45) is 21.9 Å². The van der Waals surface area contributed by atoms with E-state index in [9.17, 15) is 19.2 Å². The number of aliphatic imine (C=N–C) groups is 1. The summed E-state index contributed by atoms with van der Waals surface area (Å²) in [5, 5.41) is 56.0. The summed E-state index contributed by atoms with van der Waals surface area (Å²) in [5.74, 6) is 0.225. The maximum atomic E-state index is 12.1. The lowest BCUT2D eigenvalue weighted by Gasteiger charge is -2.22. The highest BCUT2D eigenvalue weighted by atomic mass is 35.5. The summed E-state index contributed by atoms with van der Waals surface area (Å²) in [5.41, 5.74) is 14.4. The Hall–Kier alpha value is -6.06. The number of ketones is 2. The van der Waals surface area contributed by atoms with Gasteiger partial charge in [0.2, 0.25) is 23.3 Å². The van der Waals surface area contributed by atoms with E-state index in [2.05, 4.69) is 40.7 Å². The van der Waals surface area contributed by atoms with Gasteiger partial charge in [0.05, 0.1) is 48.2 Å². The number of carbonyl (C=O) groups excluding carboxylic acids is 3. The van der Waals surface area contributed by atoms with Crippen LogP contribution in [-0.4, -0.2) is 82.4 Å². The molecule has 3 aromatic heterocycles. The Labute approximate surface area is 533 Å². The Balaban J connectivity index is 0.000000158. The summed E-state index contributed by atoms with van der Waals surface area (Å²) >= 11 is 64.0. The highest BCUT2D eigenvalue weighted by Crippen LogP contribution is 2.46. The van der Waals surface area contributed by atoms with Crippen molar-refractivity contribution >= 4 is 180 Å². The Kier molecular flexibility index (Phi) is 23.3. The molecule has 6 N–H and O–H groups in total. The molecule has 0 unspecified atom stereocenters. The van der Waals surface area contributed by atoms with E-state index in [1.54, 1.807) is 48.5 Å². The topological polar surface area (TPSA) is 308 Å². The predicted octanol–water partition coefficient (Wildman–Crippen LogP) is 14.8. The molecule has 31 heteroatoms. The number of dihydropyridines is 1. The number of aromatic hydroxyl groups is 1. The molecule has 6 aliphatic rings. The second kappa shape index (κ2) is 29.8. The predicted molar refractivity (Wildman–Crippen MR) is 324 cm³/mol. The average molecular weight is 1360 g/mol. The van der Waals surface area contributed by atoms with Gasteiger partial charge in [-0.15, -0.1) is 30.6 Å². The van der Waals surface area contributed by atoms with Crippen LogP contribution in [0.4, 0.5) is 17.1 Å². The molecular formula is C53H41Cl11N12O8. The van der Waals surface area contributed by atoms with Gasteiger partial charge in [0.25, 0.3) is 5.91 Å². The molecule has 438 valence electrons. The molecule has 6 aromatic rings. The molecule has 0 saturated heterocycles. The number of nitrogens with two attached hydrogens (primary N) is 2. The molecule has 4 saturated carbocycles. The minimum Gasteiger partial charge on any atom is -0.505 e. The molecule has 20 nitrogen and oxygen atoms in total. The molecule has 4 fully saturated rings. The summed E-state index contributed by atoms with van der Waals surface area (Å²) in [6.07, 6.45) is 9.47. The number of carbonyl (C=O) groups is 4. The number of nitriles is 1. The lowest BCUT2D eigenvalue weighted by molar-refractivity contribution is -0.138. The van der Waals surface area contributed by atoms with Gasteiger partial charge in [-0.1, -0.05) is 128 Å². The van der Waals surface area contributed by atoms with Gasteiger partial charge in [-0.25, -0.2) is 4.99 Å². The van der Waals surface area contributed by atoms with Gasteiger partial charge in [0.1, 0.15) is 12.6 Å². The fraction of sp³-hybridized carbons (Fsp3) is 0.264. The third-order valence-corrected chi connectivity index (χ3v) is 14.8. The standard InChI is InChI=1S/C19H12Cl2N4O4.C13H10Cl3N3O.C7H6Cl2N2.C6H5Cl2NO.C4H2Cl2N2.C4H6O2/c20-12-3-10(25-18(28)6-15(26)14(7-22)24-25)4-13(21)19(12)29-17-5-11(9-1-2-9)16(27)8-23-17;14-9-3-7(17)4-10(15)12(9)20-11-5-8(6-1-2-6)13(16)19-18-11;8-6-3-5(4-1-2-4)7(9)11-10-6;7-4-1-3(9)2-5(8)6(4)10;5-3-1-2-4(6)8-7-3;5-4(6)3-1-2-3/h3-5,9H,1-2,6,8H2;3-6H,1-2,17H2;3-4H,1-2H2;1-2,10H,9H2;1-2H;3H,1-2H2,(H,5,6). The fourth-order valence-electron chi connectivity index (χ4n) is 7.11. The van der Waals surface area contributed by atoms with Gasteiger partial charge >= 0.3 is 5.97 Å². The number of nitrogens with zero attached hydrogens (tertiary/aromatic N) is 10. The van der Waals surface area contributed by atoms with Gasteiger partial charge in [0.15, 0.2) is 48.8 Å². The number of hydrogen-bond donors (Lipinski definition) is 4. The number of halogens is 11. The average Bonchev–Trinajstić information content (AvgIpc) is 3.62. The molecule has 4 aliphatic carbocycles. The van der Waals surface area contributed by atoms with Gasteiger partial charge in [-0.2, -0.15) is 15.4 Å². The normalized spacial score (nSPS) is 15.9. The highest BCUT2D eigenvalue weighted by Gasteiger charge is 2.34. The lowest BCUT2D eigenvalue weighted by Crippen LogP contribution is -2.36. The maximum Gasteiger partial charge on any atom is 0.306 e. The van der Waals surface area contributed by atoms with Crippen molar-refractivity contribution in [3.05, 3.63) is 139 Å². The van der Waals surface area contributed by atoms with E-state index in [1.165, 1.54) is 37.1 Å². The number of ether oxygens (including phenoxy) is 2. The van der Waals surface area contributed by atoms with Crippen molar-refractivity contribution in [2.45, 2.75) is 69.6 Å². The third-order valence-electron chi connectivity index (χ3n) is 11.9. The van der Waals surface area contributed by atoms with E-state index in [0.29, 0.717) is 76.2 Å². The number of hydrogen-bond acceptors (Lipinski definition) is 18. The summed E-state index contributed by atoms with van der Waals surface area (Å²) in [6, 6.07) is 17.2. The molecule has 12 rings (SSSR count). The van der Waals surface area contributed by atoms with Crippen molar-refractivity contribution in [3.63, 3.8) is 0 Å². The molecule has 2 aliphatic heterocycles. The Morgan fingerprint density at radius 1 is 0.595 bits per heavy atom. The van der Waals surface area contributed by atoms with Crippen molar-refractivity contribution in [1.29, 1.82) is 5.26 Å². The van der Waals surface area contributed by atoms with E-state index < -0.39 is 24.1 Å². The van der Waals surface area contributed by atoms with Gasteiger partial charge in [0, 0.05) is 29.1 Å². The molecule has 0 bridgehead atoms. The number of Topliss-reactive ketones (excluding diaryl/α,β-unsaturated/α-hetero) is 2. The second-order valence-corrected chi connectivity index (χ2v) is 22.9. The number of amides is 1. The number of phenolic OH excluding ortho intramolecular Hbond substituents is 1. The molecular weight excluding hydrogens is 1320 g/mol. The molecule has 0 radical (unpaired) electrons. The molecule has 3 aromatic carbocycles. The van der Waals surface area contributed by atoms with Crippen LogP contribution >= 0.6 is 128 Å². The van der Waals surface area contributed by atoms with Crippen molar-refractivity contribution < 1.29 is 38.9 Å². The first-order valence-corrected chi connectivity index (χ1v) is 28.8. The number of nitrogen functional groups attached to an aromatic ring is 2. The number of aromatic nitrogens is 6. The van der Waals surface area contributed by atoms with E-state index in [-0.39, 0.29) is 73.1 Å². The van der Waals surface area contributed by atoms with Gasteiger partial charge in [-0.05, 0) is 135 Å². The van der Waals surface area contributed by atoms with Crippen molar-refractivity contribution in [1.82, 2.24) is 30.6 Å². The molecule has 1 amide bonds. The lowest BCUT2D eigenvalue weighted by atomic mass is 10.0. The summed E-state index contributed by atoms with van der Waals surface area (Å²) in [7, 11) is 0. The Bertz CT molecular complexity index is 3560. The highest BCUT2D eigenvalue weighted by molar-refractivity contribution is 6.50. The first-order chi connectivity index (χ1) is 39.9. The maximum absolute atomic E-state index is 12.1. The molecule has 84 heavy (non-hydrogen) atoms. The van der Waals surface area contributed by atoms with Crippen LogP contribution in [0, 0.1) is 23.2 Å². The van der Waals surface area contributed by atoms with E-state index in [4.69, 9.17) is 164 Å². The first kappa shape index (κ1) is 65.5. The van der Waals surface area contributed by atoms with Crippen LogP contribution in [0.3, 0.4) is 0 Å². The Morgan fingerprint density at radius 2 is 1.07 bits per heavy atom. The summed E-state index contributed by atoms with van der Waals surface area (Å²) in [4.78, 5) is 49.6. The van der Waals surface area contributed by atoms with Crippen LogP contribution in [0.5, 0.6) is 23.1 Å². The van der Waals surface area contributed by atoms with Crippen LogP contribution in [0.2, 0.25) is 55.9 Å². The van der Waals surface area contributed by atoms with E-state index in [0.717, 1.165) is 54.7 Å². The molecule has 5 heterocycles. The Morgan fingerprint density at radius 3 is 1.55 bits per heavy atom. The zero-order chi connectivity index (χ0) is 61.1. The SMILES string of the molecule is Clc1cc(C2CC2)c(Cl)nn1.Clc1ccc(Cl)nn1.N#CC1=NN(c2cc(Cl)c(OC3=NCC(=O)C(C4CC4)=C3)c(Cl)c2)C(=O)CC1=O.Nc1cc(Cl)c(O)c(Cl)c1.Nc1cc(Cl)c(Oc2cc(C3CC3)c(Cl)nn2)c(Cl)c1.O=C(O)C1CC1. The van der Waals surface area contributed by atoms with Crippen LogP contribution in [0.15, 0.2) is 82.4 Å². The quantitative estimate of drug-likeness (QED) is 0.0625. The molecule has 0 atom stereocenters. The van der Waals surface area contributed by atoms with Gasteiger partial charge in [-0.3, -0.25) is 19.2 Å². The number of aliphatic carboxylic acids is 1. The number of benzene rings is 3. The largest absolute Gasteiger partial charge is 0.505 e. The van der Waals surface area contributed by atoms with Crippen LogP contribution in [0.1, 0.15) is 80.8 Å². The third kappa shape index (κ3) is 19.2. The van der Waals surface area contributed by atoms with Crippen LogP contribution in [-0.2, 0) is 19.2 Å². The number of anilines is 3. The first-order valence-electron chi connectivity index (χ1n) is 24.7. The second-order valence-electron chi connectivity index (χ2n) is 18.6. The minimum absolute atomic E-state index is 0.00689. The zero-order valence-electron chi connectivity index (χ0n) is 42.9. The van der Waals surface area contributed by atoms with E-state index >= 15 is 0 Å². The van der Waals surface area contributed by atoms with Crippen molar-refractivity contribution in [3.8, 4) is 29.2 Å². The van der Waals surface area contributed by atoms with Crippen molar-refractivity contribution in [2.75, 3.05) is 23.0 Å². The number of phenols is 1. The number of carboxylic acid groups (broad SMARTS) is 1. The molecule has 0 spiro atoms. The van der Waals surface area contributed by atoms with Crippen LogP contribution in [0.25, 0.3) is 0 Å². The van der Waals surface area contributed by atoms with E-state index in [1.807, 2.05) is 0 Å². The zero-order valence-corrected chi connectivity index (χ0v) is 51.2. The summed E-state index contributed by atoms with van der Waals surface area (Å²) in [6.45, 7) is 0.00689. The number of rotatable bonds is 8. The smallest absolute Gasteiger partial charge is 0.306 e. The number of hydrazone groups is 1. The number of carboxylic acids is 1.